The van der Waals surface area contributed by atoms with Crippen LogP contribution in [0.3, 0.4) is 0 Å². The van der Waals surface area contributed by atoms with E-state index in [2.05, 4.69) is 9.97 Å². The van der Waals surface area contributed by atoms with Crippen LogP contribution in [0.25, 0.3) is 11.2 Å². The molecule has 0 saturated carbocycles. The molecule has 13 heavy (non-hydrogen) atoms. The Morgan fingerprint density at radius 1 is 1.54 bits per heavy atom. The molecule has 2 rings (SSSR count). The first-order chi connectivity index (χ1) is 7.34. The molecule has 0 aliphatic heterocycles. The van der Waals surface area contributed by atoms with Gasteiger partial charge >= 0.3 is 5.69 Å². The van der Waals surface area contributed by atoms with Gasteiger partial charge in [-0.25, -0.2) is 9.78 Å². The van der Waals surface area contributed by atoms with Gasteiger partial charge in [0.25, 0.3) is 5.56 Å². The Bertz CT molecular complexity index is 663. The second-order valence-electron chi connectivity index (χ2n) is 2.58. The van der Waals surface area contributed by atoms with Crippen molar-refractivity contribution in [3.63, 3.8) is 0 Å². The van der Waals surface area contributed by atoms with Crippen LogP contribution in [0.5, 0.6) is 0 Å². The van der Waals surface area contributed by atoms with Crippen molar-refractivity contribution in [2.75, 3.05) is 0 Å². The zero-order chi connectivity index (χ0) is 12.1. The minimum absolute atomic E-state index is 0.00164. The molecule has 0 aromatic carbocycles. The third-order valence-electron chi connectivity index (χ3n) is 1.83. The molecule has 0 bridgehead atoms. The minimum Gasteiger partial charge on any atom is -0.339 e. The molecule has 2 aromatic heterocycles. The number of imidazole rings is 1. The molecule has 68 valence electrons. The van der Waals surface area contributed by atoms with E-state index in [4.69, 9.17) is 4.11 Å². The molecular formula is C7H8N4O2. The lowest BCUT2D eigenvalue weighted by molar-refractivity contribution is 0.709. The number of H-pyrrole nitrogens is 1. The summed E-state index contributed by atoms with van der Waals surface area (Å²) in [6.45, 7) is -2.67. The van der Waals surface area contributed by atoms with Crippen molar-refractivity contribution in [3.8, 4) is 0 Å². The summed E-state index contributed by atoms with van der Waals surface area (Å²) < 4.78 is 22.9. The average Bonchev–Trinajstić information content (AvgIpc) is 2.61. The summed E-state index contributed by atoms with van der Waals surface area (Å²) in [5.74, 6) is 0. The van der Waals surface area contributed by atoms with Crippen molar-refractivity contribution in [1.29, 1.82) is 0 Å². The summed E-state index contributed by atoms with van der Waals surface area (Å²) in [5.41, 5.74) is -1.67. The van der Waals surface area contributed by atoms with Crippen LogP contribution < -0.4 is 11.2 Å². The molecule has 0 amide bonds. The number of nitrogens with one attached hydrogen (secondary N) is 1. The normalized spacial score (nSPS) is 15.3. The molecular weight excluding hydrogens is 172 g/mol. The van der Waals surface area contributed by atoms with Gasteiger partial charge in [-0.05, 0) is 0 Å². The fourth-order valence-corrected chi connectivity index (χ4v) is 1.11. The Morgan fingerprint density at radius 3 is 3.00 bits per heavy atom. The third-order valence-corrected chi connectivity index (χ3v) is 1.83. The van der Waals surface area contributed by atoms with Crippen LogP contribution in [0.1, 0.15) is 4.11 Å². The lowest BCUT2D eigenvalue weighted by Crippen LogP contribution is -2.36. The molecule has 0 spiro atoms. The number of aromatic nitrogens is 4. The number of hydrogen-bond acceptors (Lipinski definition) is 3. The van der Waals surface area contributed by atoms with E-state index in [1.807, 2.05) is 0 Å². The Labute approximate surface area is 76.7 Å². The highest BCUT2D eigenvalue weighted by molar-refractivity contribution is 5.68. The van der Waals surface area contributed by atoms with Gasteiger partial charge in [-0.3, -0.25) is 13.9 Å². The average molecular weight is 183 g/mol. The minimum atomic E-state index is -2.67. The summed E-state index contributed by atoms with van der Waals surface area (Å²) in [7, 11) is 1.22. The zero-order valence-corrected chi connectivity index (χ0v) is 6.74. The number of aryl methyl sites for hydroxylation is 1. The zero-order valence-electron chi connectivity index (χ0n) is 9.74. The molecule has 2 heterocycles. The fourth-order valence-electron chi connectivity index (χ4n) is 1.11. The van der Waals surface area contributed by atoms with E-state index >= 15 is 0 Å². The summed E-state index contributed by atoms with van der Waals surface area (Å²) in [4.78, 5) is 29.4. The second-order valence-corrected chi connectivity index (χ2v) is 2.58. The summed E-state index contributed by atoms with van der Waals surface area (Å²) >= 11 is 0. The SMILES string of the molecule is [2H]C([2H])([2H])n1c(=O)n(C)c(=O)c2[nH]cnc21. The maximum Gasteiger partial charge on any atom is 0.332 e. The van der Waals surface area contributed by atoms with E-state index in [0.29, 0.717) is 4.57 Å². The van der Waals surface area contributed by atoms with Crippen LogP contribution in [0.2, 0.25) is 0 Å². The summed E-state index contributed by atoms with van der Waals surface area (Å²) in [6.07, 6.45) is 1.17. The summed E-state index contributed by atoms with van der Waals surface area (Å²) in [5, 5.41) is 0. The van der Waals surface area contributed by atoms with E-state index in [-0.39, 0.29) is 11.2 Å². The highest BCUT2D eigenvalue weighted by atomic mass is 16.2. The Morgan fingerprint density at radius 2 is 2.31 bits per heavy atom. The molecule has 0 aliphatic rings. The molecule has 2 aromatic rings. The first-order valence-electron chi connectivity index (χ1n) is 4.99. The molecule has 0 fully saturated rings. The van der Waals surface area contributed by atoms with E-state index < -0.39 is 18.2 Å². The van der Waals surface area contributed by atoms with Crippen LogP contribution in [0.4, 0.5) is 0 Å². The lowest BCUT2D eigenvalue weighted by Gasteiger charge is -2.00. The lowest BCUT2D eigenvalue weighted by atomic mass is 10.5. The van der Waals surface area contributed by atoms with Crippen LogP contribution >= 0.6 is 0 Å². The van der Waals surface area contributed by atoms with Gasteiger partial charge in [0, 0.05) is 18.1 Å². The Balaban J connectivity index is 3.10. The Kier molecular flexibility index (Phi) is 0.892. The van der Waals surface area contributed by atoms with E-state index in [9.17, 15) is 9.59 Å². The van der Waals surface area contributed by atoms with Gasteiger partial charge in [-0.15, -0.1) is 0 Å². The quantitative estimate of drug-likeness (QED) is 0.567. The molecule has 0 unspecified atom stereocenters. The van der Waals surface area contributed by atoms with Gasteiger partial charge in [0.05, 0.1) is 6.33 Å². The molecule has 0 saturated heterocycles. The summed E-state index contributed by atoms with van der Waals surface area (Å²) in [6, 6.07) is 0. The van der Waals surface area contributed by atoms with E-state index in [1.165, 1.54) is 13.4 Å². The molecule has 0 radical (unpaired) electrons. The van der Waals surface area contributed by atoms with Crippen molar-refractivity contribution in [1.82, 2.24) is 19.1 Å². The Hall–Kier alpha value is -1.85. The van der Waals surface area contributed by atoms with Gasteiger partial charge in [0.2, 0.25) is 0 Å². The molecule has 6 nitrogen and oxygen atoms in total. The van der Waals surface area contributed by atoms with Crippen LogP contribution in [-0.4, -0.2) is 19.1 Å². The van der Waals surface area contributed by atoms with Crippen LogP contribution in [0.15, 0.2) is 15.9 Å². The van der Waals surface area contributed by atoms with Gasteiger partial charge < -0.3 is 4.98 Å². The number of nitrogens with zero attached hydrogens (tertiary/aromatic N) is 3. The predicted octanol–water partition coefficient (Wildman–Crippen LogP) is -1.04. The maximum absolute atomic E-state index is 11.7. The molecule has 0 atom stereocenters. The second kappa shape index (κ2) is 2.32. The first-order valence-corrected chi connectivity index (χ1v) is 3.49. The molecule has 0 aliphatic carbocycles. The van der Waals surface area contributed by atoms with Gasteiger partial charge in [0.15, 0.2) is 5.65 Å². The maximum atomic E-state index is 11.7. The number of fused-ring (bicyclic) bond motifs is 1. The van der Waals surface area contributed by atoms with Crippen LogP contribution in [-0.2, 0) is 14.0 Å². The van der Waals surface area contributed by atoms with Crippen molar-refractivity contribution in [2.45, 2.75) is 0 Å². The molecule has 1 N–H and O–H groups in total. The topological polar surface area (TPSA) is 72.7 Å². The number of aromatic amines is 1. The standard InChI is InChI=1S/C7H8N4O2/c1-10-5-4(8-3-9-5)6(12)11(2)7(10)13/h3H,1-2H3,(H,8,9)/i1D3. The third kappa shape index (κ3) is 0.851. The largest absolute Gasteiger partial charge is 0.339 e. The number of rotatable bonds is 0. The van der Waals surface area contributed by atoms with Crippen molar-refractivity contribution >= 4 is 11.2 Å². The number of hydrogen-bond donors (Lipinski definition) is 1. The smallest absolute Gasteiger partial charge is 0.332 e. The van der Waals surface area contributed by atoms with Gasteiger partial charge in [-0.2, -0.15) is 0 Å². The highest BCUT2D eigenvalue weighted by Crippen LogP contribution is 1.97. The van der Waals surface area contributed by atoms with Crippen molar-refractivity contribution in [3.05, 3.63) is 27.2 Å². The van der Waals surface area contributed by atoms with Crippen LogP contribution in [0, 0.1) is 0 Å². The van der Waals surface area contributed by atoms with Gasteiger partial charge in [-0.1, -0.05) is 0 Å². The monoisotopic (exact) mass is 183 g/mol. The highest BCUT2D eigenvalue weighted by Gasteiger charge is 2.08. The fraction of sp³-hybridized carbons (Fsp3) is 0.286. The van der Waals surface area contributed by atoms with E-state index in [0.717, 1.165) is 4.57 Å². The molecule has 6 heteroatoms. The van der Waals surface area contributed by atoms with Gasteiger partial charge in [0.1, 0.15) is 5.52 Å². The van der Waals surface area contributed by atoms with Crippen molar-refractivity contribution in [2.24, 2.45) is 14.0 Å². The first kappa shape index (κ1) is 5.00. The van der Waals surface area contributed by atoms with E-state index in [1.54, 1.807) is 0 Å². The van der Waals surface area contributed by atoms with Crippen molar-refractivity contribution < 1.29 is 4.11 Å². The predicted molar refractivity (Wildman–Crippen MR) is 46.6 cm³/mol.